The Morgan fingerprint density at radius 2 is 2.00 bits per heavy atom. The molecule has 0 atom stereocenters. The van der Waals surface area contributed by atoms with Gasteiger partial charge in [0, 0.05) is 38.0 Å². The highest BCUT2D eigenvalue weighted by molar-refractivity contribution is 7.96. The number of amides is 1. The summed E-state index contributed by atoms with van der Waals surface area (Å²) in [6.45, 7) is 12.8. The van der Waals surface area contributed by atoms with Crippen molar-refractivity contribution < 1.29 is 4.79 Å². The lowest BCUT2D eigenvalue weighted by Crippen LogP contribution is -2.33. The van der Waals surface area contributed by atoms with Gasteiger partial charge >= 0.3 is 0 Å². The van der Waals surface area contributed by atoms with Gasteiger partial charge in [0.15, 0.2) is 0 Å². The Kier molecular flexibility index (Phi) is 6.78. The molecule has 130 valence electrons. The average molecular weight is 337 g/mol. The normalized spacial score (nSPS) is 23.4. The minimum atomic E-state index is 0.176. The molecule has 0 aromatic heterocycles. The van der Waals surface area contributed by atoms with Crippen LogP contribution in [0.2, 0.25) is 0 Å². The van der Waals surface area contributed by atoms with Crippen LogP contribution in [0.25, 0.3) is 0 Å². The largest absolute Gasteiger partial charge is 0.338 e. The fraction of sp³-hybridized carbons (Fsp3) is 0.737. The molecule has 0 radical (unpaired) electrons. The monoisotopic (exact) mass is 336 g/mol. The van der Waals surface area contributed by atoms with Crippen molar-refractivity contribution in [2.24, 2.45) is 5.41 Å². The van der Waals surface area contributed by atoms with Crippen LogP contribution in [0.1, 0.15) is 53.4 Å². The van der Waals surface area contributed by atoms with E-state index in [1.807, 2.05) is 22.9 Å². The van der Waals surface area contributed by atoms with Crippen molar-refractivity contribution in [1.29, 1.82) is 0 Å². The molecule has 1 heterocycles. The summed E-state index contributed by atoms with van der Waals surface area (Å²) in [6, 6.07) is 0. The van der Waals surface area contributed by atoms with E-state index in [1.165, 1.54) is 30.4 Å². The van der Waals surface area contributed by atoms with Gasteiger partial charge in [0.25, 0.3) is 0 Å². The fourth-order valence-electron chi connectivity index (χ4n) is 3.70. The summed E-state index contributed by atoms with van der Waals surface area (Å²) >= 11 is 1.89. The van der Waals surface area contributed by atoms with E-state index in [0.717, 1.165) is 38.4 Å². The Morgan fingerprint density at radius 3 is 2.70 bits per heavy atom. The van der Waals surface area contributed by atoms with Gasteiger partial charge in [0.1, 0.15) is 0 Å². The van der Waals surface area contributed by atoms with Crippen LogP contribution in [-0.2, 0) is 4.79 Å². The zero-order chi connectivity index (χ0) is 16.9. The maximum atomic E-state index is 12.6. The number of carbonyl (C=O) groups is 1. The molecule has 0 aromatic rings. The molecular weight excluding hydrogens is 304 g/mol. The number of nitrogens with zero attached hydrogens (tertiary/aromatic N) is 2. The van der Waals surface area contributed by atoms with Gasteiger partial charge < -0.3 is 4.90 Å². The van der Waals surface area contributed by atoms with Crippen molar-refractivity contribution in [3.63, 3.8) is 0 Å². The maximum Gasteiger partial charge on any atom is 0.246 e. The molecule has 1 aliphatic heterocycles. The maximum absolute atomic E-state index is 12.6. The number of rotatable bonds is 4. The van der Waals surface area contributed by atoms with Crippen molar-refractivity contribution in [3.8, 4) is 0 Å². The molecule has 1 saturated heterocycles. The molecule has 23 heavy (non-hydrogen) atoms. The van der Waals surface area contributed by atoms with E-state index in [1.54, 1.807) is 0 Å². The van der Waals surface area contributed by atoms with E-state index in [9.17, 15) is 4.79 Å². The highest BCUT2D eigenvalue weighted by Crippen LogP contribution is 2.40. The molecule has 1 aliphatic carbocycles. The topological polar surface area (TPSA) is 23.6 Å². The highest BCUT2D eigenvalue weighted by Gasteiger charge is 2.27. The minimum absolute atomic E-state index is 0.176. The van der Waals surface area contributed by atoms with Crippen molar-refractivity contribution in [3.05, 3.63) is 23.3 Å². The van der Waals surface area contributed by atoms with E-state index in [4.69, 9.17) is 0 Å². The van der Waals surface area contributed by atoms with E-state index >= 15 is 0 Å². The van der Waals surface area contributed by atoms with Gasteiger partial charge in [-0.15, -0.1) is 0 Å². The third-order valence-corrected chi connectivity index (χ3v) is 6.00. The first-order valence-corrected chi connectivity index (χ1v) is 9.93. The molecule has 0 aromatic carbocycles. The zero-order valence-electron chi connectivity index (χ0n) is 15.2. The number of hydrogen-bond donors (Lipinski definition) is 0. The van der Waals surface area contributed by atoms with Gasteiger partial charge in [-0.1, -0.05) is 44.4 Å². The smallest absolute Gasteiger partial charge is 0.246 e. The standard InChI is InChI=1S/C19H32N2OS/c1-5-23-21-13-7-12-20(14-15-21)18(22)10-9-17-16(2)8-6-11-19(17,3)4/h9-10H,5-8,11-15H2,1-4H3/b10-9+. The van der Waals surface area contributed by atoms with Gasteiger partial charge in [-0.2, -0.15) is 0 Å². The second-order valence-corrected chi connectivity index (χ2v) is 8.64. The number of allylic oxidation sites excluding steroid dienone is 3. The second kappa shape index (κ2) is 8.39. The zero-order valence-corrected chi connectivity index (χ0v) is 16.0. The molecule has 1 fully saturated rings. The van der Waals surface area contributed by atoms with Crippen LogP contribution >= 0.6 is 11.9 Å². The van der Waals surface area contributed by atoms with Gasteiger partial charge in [-0.3, -0.25) is 4.79 Å². The molecule has 3 nitrogen and oxygen atoms in total. The highest BCUT2D eigenvalue weighted by atomic mass is 32.2. The van der Waals surface area contributed by atoms with Crippen LogP contribution in [0.3, 0.4) is 0 Å². The van der Waals surface area contributed by atoms with Gasteiger partial charge in [-0.05, 0) is 43.6 Å². The summed E-state index contributed by atoms with van der Waals surface area (Å²) in [5.74, 6) is 1.28. The fourth-order valence-corrected chi connectivity index (χ4v) is 4.53. The summed E-state index contributed by atoms with van der Waals surface area (Å²) in [5.41, 5.74) is 3.02. The first kappa shape index (κ1) is 18.6. The lowest BCUT2D eigenvalue weighted by Gasteiger charge is -2.33. The van der Waals surface area contributed by atoms with E-state index < -0.39 is 0 Å². The summed E-state index contributed by atoms with van der Waals surface area (Å²) < 4.78 is 2.40. The van der Waals surface area contributed by atoms with Gasteiger partial charge in [0.05, 0.1) is 0 Å². The Balaban J connectivity index is 1.98. The predicted molar refractivity (Wildman–Crippen MR) is 100 cm³/mol. The number of hydrogen-bond acceptors (Lipinski definition) is 3. The van der Waals surface area contributed by atoms with Crippen molar-refractivity contribution >= 4 is 17.9 Å². The van der Waals surface area contributed by atoms with Gasteiger partial charge in [0.2, 0.25) is 5.91 Å². The SMILES string of the molecule is CCSN1CCCN(C(=O)/C=C/C2=C(C)CCCC2(C)C)CC1. The third kappa shape index (κ3) is 5.12. The molecule has 0 saturated carbocycles. The van der Waals surface area contributed by atoms with Crippen molar-refractivity contribution in [1.82, 2.24) is 9.21 Å². The molecule has 2 aliphatic rings. The number of carbonyl (C=O) groups excluding carboxylic acids is 1. The Bertz CT molecular complexity index is 482. The summed E-state index contributed by atoms with van der Waals surface area (Å²) in [7, 11) is 0. The average Bonchev–Trinajstić information content (AvgIpc) is 2.72. The molecule has 0 bridgehead atoms. The van der Waals surface area contributed by atoms with Crippen LogP contribution in [0, 0.1) is 5.41 Å². The quantitative estimate of drug-likeness (QED) is 0.566. The summed E-state index contributed by atoms with van der Waals surface area (Å²) in [5, 5.41) is 0. The lowest BCUT2D eigenvalue weighted by molar-refractivity contribution is -0.125. The van der Waals surface area contributed by atoms with Crippen LogP contribution in [0.5, 0.6) is 0 Å². The van der Waals surface area contributed by atoms with Crippen molar-refractivity contribution in [2.45, 2.75) is 53.4 Å². The molecular formula is C19H32N2OS. The van der Waals surface area contributed by atoms with Crippen LogP contribution in [-0.4, -0.2) is 47.0 Å². The van der Waals surface area contributed by atoms with Crippen molar-refractivity contribution in [2.75, 3.05) is 31.9 Å². The molecule has 2 rings (SSSR count). The first-order valence-electron chi connectivity index (χ1n) is 8.99. The molecule has 1 amide bonds. The molecule has 4 heteroatoms. The second-order valence-electron chi connectivity index (χ2n) is 7.29. The van der Waals surface area contributed by atoms with E-state index in [2.05, 4.69) is 38.1 Å². The van der Waals surface area contributed by atoms with Gasteiger partial charge in [-0.25, -0.2) is 4.31 Å². The first-order chi connectivity index (χ1) is 10.9. The van der Waals surface area contributed by atoms with Crippen LogP contribution in [0.15, 0.2) is 23.3 Å². The van der Waals surface area contributed by atoms with Crippen LogP contribution in [0.4, 0.5) is 0 Å². The predicted octanol–water partition coefficient (Wildman–Crippen LogP) is 4.27. The Hall–Kier alpha value is -0.740. The van der Waals surface area contributed by atoms with E-state index in [-0.39, 0.29) is 11.3 Å². The van der Waals surface area contributed by atoms with Crippen LogP contribution < -0.4 is 0 Å². The minimum Gasteiger partial charge on any atom is -0.338 e. The lowest BCUT2D eigenvalue weighted by atomic mass is 9.72. The molecule has 0 spiro atoms. The Morgan fingerprint density at radius 1 is 1.22 bits per heavy atom. The Labute approximate surface area is 146 Å². The third-order valence-electron chi connectivity index (χ3n) is 5.01. The molecule has 0 unspecified atom stereocenters. The summed E-state index contributed by atoms with van der Waals surface area (Å²) in [4.78, 5) is 14.6. The van der Waals surface area contributed by atoms with E-state index in [0.29, 0.717) is 0 Å². The summed E-state index contributed by atoms with van der Waals surface area (Å²) in [6.07, 6.45) is 8.63. The molecule has 0 N–H and O–H groups in total.